The zero-order chi connectivity index (χ0) is 19.8. The molecule has 2 aromatic carbocycles. The van der Waals surface area contributed by atoms with Crippen LogP contribution in [0.4, 0.5) is 4.39 Å². The molecule has 0 aliphatic carbocycles. The molecule has 29 heavy (non-hydrogen) atoms. The molecular weight excluding hydrogens is 371 g/mol. The van der Waals surface area contributed by atoms with Crippen molar-refractivity contribution in [3.05, 3.63) is 88.4 Å². The van der Waals surface area contributed by atoms with Gasteiger partial charge in [-0.15, -0.1) is 0 Å². The van der Waals surface area contributed by atoms with Gasteiger partial charge < -0.3 is 4.74 Å². The molecule has 4 aromatic rings. The average Bonchev–Trinajstić information content (AvgIpc) is 3.04. The monoisotopic (exact) mass is 390 g/mol. The second-order valence-electron chi connectivity index (χ2n) is 7.29. The quantitative estimate of drug-likeness (QED) is 0.526. The Labute approximate surface area is 166 Å². The van der Waals surface area contributed by atoms with Crippen LogP contribution in [-0.2, 0) is 17.7 Å². The predicted octanol–water partition coefficient (Wildman–Crippen LogP) is 2.96. The summed E-state index contributed by atoms with van der Waals surface area (Å²) in [5.74, 6) is 0.0528. The van der Waals surface area contributed by atoms with Crippen LogP contribution in [0.2, 0.25) is 0 Å². The Balaban J connectivity index is 1.67. The van der Waals surface area contributed by atoms with Crippen molar-refractivity contribution in [2.24, 2.45) is 5.92 Å². The maximum Gasteiger partial charge on any atom is 0.269 e. The van der Waals surface area contributed by atoms with Crippen molar-refractivity contribution in [1.82, 2.24) is 19.3 Å². The van der Waals surface area contributed by atoms with Crippen LogP contribution in [0.25, 0.3) is 16.7 Å². The van der Waals surface area contributed by atoms with Gasteiger partial charge in [-0.25, -0.2) is 9.37 Å². The number of fused-ring (bicyclic) bond motifs is 1. The van der Waals surface area contributed by atoms with Crippen LogP contribution in [0.15, 0.2) is 65.7 Å². The number of aromatic nitrogens is 4. The fourth-order valence-corrected chi connectivity index (χ4v) is 3.66. The normalized spacial score (nSPS) is 14.2. The summed E-state index contributed by atoms with van der Waals surface area (Å²) >= 11 is 0. The van der Waals surface area contributed by atoms with Crippen molar-refractivity contribution >= 4 is 11.0 Å². The number of rotatable bonds is 5. The summed E-state index contributed by atoms with van der Waals surface area (Å²) < 4.78 is 22.4. The largest absolute Gasteiger partial charge is 0.381 e. The maximum atomic E-state index is 13.7. The predicted molar refractivity (Wildman–Crippen MR) is 107 cm³/mol. The second kappa shape index (κ2) is 7.25. The van der Waals surface area contributed by atoms with Crippen molar-refractivity contribution in [2.75, 3.05) is 13.2 Å². The van der Waals surface area contributed by atoms with E-state index in [2.05, 4.69) is 10.1 Å². The zero-order valence-electron chi connectivity index (χ0n) is 15.7. The first-order chi connectivity index (χ1) is 14.2. The van der Waals surface area contributed by atoms with E-state index in [-0.39, 0.29) is 11.4 Å². The van der Waals surface area contributed by atoms with Gasteiger partial charge in [-0.05, 0) is 29.8 Å². The van der Waals surface area contributed by atoms with E-state index in [1.807, 2.05) is 41.1 Å². The van der Waals surface area contributed by atoms with Crippen LogP contribution in [-0.4, -0.2) is 32.5 Å². The number of nitrogens with zero attached hydrogens (tertiary/aromatic N) is 4. The van der Waals surface area contributed by atoms with Gasteiger partial charge in [0.05, 0.1) is 24.6 Å². The molecule has 0 unspecified atom stereocenters. The van der Waals surface area contributed by atoms with Crippen molar-refractivity contribution in [2.45, 2.75) is 13.0 Å². The number of hydrogen-bond donors (Lipinski definition) is 0. The molecule has 1 aliphatic heterocycles. The molecule has 2 aromatic heterocycles. The molecule has 146 valence electrons. The highest BCUT2D eigenvalue weighted by Gasteiger charge is 2.24. The highest BCUT2D eigenvalue weighted by Crippen LogP contribution is 2.21. The Hall–Kier alpha value is -3.32. The lowest BCUT2D eigenvalue weighted by Crippen LogP contribution is -2.32. The molecule has 6 nitrogen and oxygen atoms in total. The molecule has 0 saturated carbocycles. The molecule has 1 fully saturated rings. The smallest absolute Gasteiger partial charge is 0.269 e. The summed E-state index contributed by atoms with van der Waals surface area (Å²) in [7, 11) is 0. The summed E-state index contributed by atoms with van der Waals surface area (Å²) in [6.45, 7) is 2.00. The van der Waals surface area contributed by atoms with Gasteiger partial charge in [0.2, 0.25) is 0 Å². The standard InChI is InChI=1S/C22H19FN4O2/c23-17-6-4-5-15(9-17)10-19-20-21(25-27(19)11-16-12-29-13-16)24-14-26(22(20)28)18-7-2-1-3-8-18/h1-9,14,16H,10-13H2. The Bertz CT molecular complexity index is 1230. The van der Waals surface area contributed by atoms with Crippen molar-refractivity contribution in [3.63, 3.8) is 0 Å². The van der Waals surface area contributed by atoms with E-state index in [1.165, 1.54) is 23.0 Å². The van der Waals surface area contributed by atoms with Crippen molar-refractivity contribution in [1.29, 1.82) is 0 Å². The van der Waals surface area contributed by atoms with Crippen LogP contribution in [0.1, 0.15) is 11.3 Å². The number of ether oxygens (including phenoxy) is 1. The summed E-state index contributed by atoms with van der Waals surface area (Å²) in [5, 5.41) is 5.06. The van der Waals surface area contributed by atoms with E-state index >= 15 is 0 Å². The van der Waals surface area contributed by atoms with Crippen LogP contribution < -0.4 is 5.56 Å². The minimum absolute atomic E-state index is 0.177. The van der Waals surface area contributed by atoms with Gasteiger partial charge in [0.15, 0.2) is 5.65 Å². The minimum atomic E-state index is -0.301. The Morgan fingerprint density at radius 2 is 1.93 bits per heavy atom. The molecule has 3 heterocycles. The van der Waals surface area contributed by atoms with Crippen molar-refractivity contribution < 1.29 is 9.13 Å². The van der Waals surface area contributed by atoms with Crippen LogP contribution in [0, 0.1) is 11.7 Å². The molecule has 0 amide bonds. The Morgan fingerprint density at radius 3 is 2.66 bits per heavy atom. The van der Waals surface area contributed by atoms with Gasteiger partial charge in [-0.3, -0.25) is 14.0 Å². The highest BCUT2D eigenvalue weighted by atomic mass is 19.1. The number of hydrogen-bond acceptors (Lipinski definition) is 4. The van der Waals surface area contributed by atoms with Gasteiger partial charge in [-0.1, -0.05) is 30.3 Å². The first kappa shape index (κ1) is 17.8. The van der Waals surface area contributed by atoms with E-state index in [9.17, 15) is 9.18 Å². The molecule has 0 bridgehead atoms. The molecule has 1 aliphatic rings. The number of para-hydroxylation sites is 1. The fourth-order valence-electron chi connectivity index (χ4n) is 3.66. The summed E-state index contributed by atoms with van der Waals surface area (Å²) in [5.41, 5.74) is 2.51. The second-order valence-corrected chi connectivity index (χ2v) is 7.29. The molecule has 7 heteroatoms. The van der Waals surface area contributed by atoms with E-state index in [4.69, 9.17) is 4.74 Å². The van der Waals surface area contributed by atoms with Gasteiger partial charge in [0.1, 0.15) is 17.5 Å². The lowest BCUT2D eigenvalue weighted by molar-refractivity contribution is -0.0410. The van der Waals surface area contributed by atoms with Crippen LogP contribution >= 0.6 is 0 Å². The van der Waals surface area contributed by atoms with Crippen LogP contribution in [0.3, 0.4) is 0 Å². The lowest BCUT2D eigenvalue weighted by Gasteiger charge is -2.26. The molecule has 1 saturated heterocycles. The van der Waals surface area contributed by atoms with Gasteiger partial charge >= 0.3 is 0 Å². The third-order valence-corrected chi connectivity index (χ3v) is 5.20. The van der Waals surface area contributed by atoms with Crippen LogP contribution in [0.5, 0.6) is 0 Å². The average molecular weight is 390 g/mol. The summed E-state index contributed by atoms with van der Waals surface area (Å²) in [6, 6.07) is 15.8. The van der Waals surface area contributed by atoms with Gasteiger partial charge in [0.25, 0.3) is 5.56 Å². The van der Waals surface area contributed by atoms with E-state index in [1.54, 1.807) is 6.07 Å². The maximum absolute atomic E-state index is 13.7. The van der Waals surface area contributed by atoms with Crippen molar-refractivity contribution in [3.8, 4) is 5.69 Å². The molecule has 0 spiro atoms. The molecule has 5 rings (SSSR count). The summed E-state index contributed by atoms with van der Waals surface area (Å²) in [4.78, 5) is 17.8. The number of halogens is 1. The molecule has 0 radical (unpaired) electrons. The Kier molecular flexibility index (Phi) is 4.44. The first-order valence-corrected chi connectivity index (χ1v) is 9.54. The van der Waals surface area contributed by atoms with E-state index in [0.717, 1.165) is 16.9 Å². The SMILES string of the molecule is O=c1c2c(Cc3cccc(F)c3)n(CC3COC3)nc2ncn1-c1ccccc1. The zero-order valence-corrected chi connectivity index (χ0v) is 15.7. The third-order valence-electron chi connectivity index (χ3n) is 5.20. The van der Waals surface area contributed by atoms with Gasteiger partial charge in [-0.2, -0.15) is 5.10 Å². The molecule has 0 atom stereocenters. The first-order valence-electron chi connectivity index (χ1n) is 9.54. The molecular formula is C22H19FN4O2. The van der Waals surface area contributed by atoms with Gasteiger partial charge in [0, 0.05) is 18.9 Å². The molecule has 0 N–H and O–H groups in total. The number of benzene rings is 2. The van der Waals surface area contributed by atoms with E-state index in [0.29, 0.717) is 43.1 Å². The fraction of sp³-hybridized carbons (Fsp3) is 0.227. The third kappa shape index (κ3) is 3.34. The topological polar surface area (TPSA) is 61.9 Å². The Morgan fingerprint density at radius 1 is 1.10 bits per heavy atom. The van der Waals surface area contributed by atoms with E-state index < -0.39 is 0 Å². The summed E-state index contributed by atoms with van der Waals surface area (Å²) in [6.07, 6.45) is 1.91. The lowest BCUT2D eigenvalue weighted by atomic mass is 10.1. The highest BCUT2D eigenvalue weighted by molar-refractivity contribution is 5.77. The minimum Gasteiger partial charge on any atom is -0.381 e.